The molecule has 0 heterocycles. The van der Waals surface area contributed by atoms with Crippen LogP contribution in [-0.2, 0) is 4.79 Å². The quantitative estimate of drug-likeness (QED) is 0.778. The number of benzene rings is 1. The Balaban J connectivity index is 1.94. The van der Waals surface area contributed by atoms with Crippen molar-refractivity contribution < 1.29 is 9.53 Å². The molecule has 1 aliphatic carbocycles. The standard InChI is InChI=1S/C13H18N2O2/c1-8-7-11(5-6-12(8)14)17-9(2)13(16)15-10-3-4-10/h5-7,9-10H,3-4,14H2,1-2H3,(H,15,16). The highest BCUT2D eigenvalue weighted by atomic mass is 16.5. The van der Waals surface area contributed by atoms with Crippen molar-refractivity contribution in [2.75, 3.05) is 5.73 Å². The number of aryl methyl sites for hydroxylation is 1. The molecule has 4 nitrogen and oxygen atoms in total. The Hall–Kier alpha value is -1.71. The van der Waals surface area contributed by atoms with Gasteiger partial charge in [-0.3, -0.25) is 4.79 Å². The van der Waals surface area contributed by atoms with Crippen LogP contribution in [0.2, 0.25) is 0 Å². The fourth-order valence-corrected chi connectivity index (χ4v) is 1.53. The van der Waals surface area contributed by atoms with Gasteiger partial charge in [0.15, 0.2) is 6.10 Å². The average molecular weight is 234 g/mol. The number of amides is 1. The van der Waals surface area contributed by atoms with Crippen LogP contribution in [0.25, 0.3) is 0 Å². The normalized spacial score (nSPS) is 16.4. The molecule has 1 atom stereocenters. The summed E-state index contributed by atoms with van der Waals surface area (Å²) in [5.74, 6) is 0.622. The maximum atomic E-state index is 11.7. The number of ether oxygens (including phenoxy) is 1. The maximum Gasteiger partial charge on any atom is 0.260 e. The lowest BCUT2D eigenvalue weighted by Crippen LogP contribution is -2.37. The second kappa shape index (κ2) is 4.65. The Labute approximate surface area is 101 Å². The van der Waals surface area contributed by atoms with Gasteiger partial charge < -0.3 is 15.8 Å². The zero-order valence-electron chi connectivity index (χ0n) is 10.2. The largest absolute Gasteiger partial charge is 0.481 e. The number of rotatable bonds is 4. The van der Waals surface area contributed by atoms with Gasteiger partial charge in [-0.05, 0) is 50.5 Å². The van der Waals surface area contributed by atoms with Gasteiger partial charge in [0.25, 0.3) is 5.91 Å². The van der Waals surface area contributed by atoms with E-state index in [0.29, 0.717) is 11.8 Å². The molecule has 1 aromatic rings. The number of carbonyl (C=O) groups excluding carboxylic acids is 1. The molecule has 1 aliphatic rings. The molecular formula is C13H18N2O2. The lowest BCUT2D eigenvalue weighted by Gasteiger charge is -2.15. The molecule has 1 unspecified atom stereocenters. The summed E-state index contributed by atoms with van der Waals surface area (Å²) < 4.78 is 5.57. The minimum atomic E-state index is -0.473. The highest BCUT2D eigenvalue weighted by molar-refractivity contribution is 5.81. The topological polar surface area (TPSA) is 64.3 Å². The molecule has 1 saturated carbocycles. The zero-order chi connectivity index (χ0) is 12.4. The van der Waals surface area contributed by atoms with Crippen LogP contribution in [0.15, 0.2) is 18.2 Å². The molecule has 0 radical (unpaired) electrons. The Morgan fingerprint density at radius 1 is 1.53 bits per heavy atom. The summed E-state index contributed by atoms with van der Waals surface area (Å²) >= 11 is 0. The van der Waals surface area contributed by atoms with E-state index in [2.05, 4.69) is 5.32 Å². The van der Waals surface area contributed by atoms with Gasteiger partial charge in [-0.25, -0.2) is 0 Å². The van der Waals surface area contributed by atoms with Crippen molar-refractivity contribution in [1.82, 2.24) is 5.32 Å². The molecule has 17 heavy (non-hydrogen) atoms. The number of nitrogens with two attached hydrogens (primary N) is 1. The summed E-state index contributed by atoms with van der Waals surface area (Å²) in [4.78, 5) is 11.7. The van der Waals surface area contributed by atoms with Crippen LogP contribution < -0.4 is 15.8 Å². The number of nitrogen functional groups attached to an aromatic ring is 1. The minimum Gasteiger partial charge on any atom is -0.481 e. The Morgan fingerprint density at radius 2 is 2.24 bits per heavy atom. The van der Waals surface area contributed by atoms with Crippen LogP contribution in [0.5, 0.6) is 5.75 Å². The lowest BCUT2D eigenvalue weighted by atomic mass is 10.2. The zero-order valence-corrected chi connectivity index (χ0v) is 10.2. The van der Waals surface area contributed by atoms with Crippen molar-refractivity contribution >= 4 is 11.6 Å². The molecule has 0 saturated heterocycles. The van der Waals surface area contributed by atoms with Crippen LogP contribution in [0, 0.1) is 6.92 Å². The Bertz CT molecular complexity index is 427. The predicted molar refractivity (Wildman–Crippen MR) is 66.8 cm³/mol. The van der Waals surface area contributed by atoms with E-state index in [1.165, 1.54) is 0 Å². The molecule has 0 spiro atoms. The SMILES string of the molecule is Cc1cc(OC(C)C(=O)NC2CC2)ccc1N. The van der Waals surface area contributed by atoms with Crippen molar-refractivity contribution in [1.29, 1.82) is 0 Å². The van der Waals surface area contributed by atoms with Gasteiger partial charge in [0, 0.05) is 11.7 Å². The van der Waals surface area contributed by atoms with Crippen molar-refractivity contribution in [3.63, 3.8) is 0 Å². The first-order valence-electron chi connectivity index (χ1n) is 5.89. The first kappa shape index (κ1) is 11.8. The molecule has 1 aromatic carbocycles. The molecule has 1 fully saturated rings. The molecule has 0 aromatic heterocycles. The summed E-state index contributed by atoms with van der Waals surface area (Å²) in [6, 6.07) is 5.78. The highest BCUT2D eigenvalue weighted by Gasteiger charge is 2.26. The van der Waals surface area contributed by atoms with Crippen LogP contribution in [-0.4, -0.2) is 18.1 Å². The Morgan fingerprint density at radius 3 is 2.82 bits per heavy atom. The number of carbonyl (C=O) groups is 1. The summed E-state index contributed by atoms with van der Waals surface area (Å²) in [5.41, 5.74) is 7.40. The predicted octanol–water partition coefficient (Wildman–Crippen LogP) is 1.62. The fraction of sp³-hybridized carbons (Fsp3) is 0.462. The van der Waals surface area contributed by atoms with Crippen molar-refractivity contribution in [2.24, 2.45) is 0 Å². The van der Waals surface area contributed by atoms with Gasteiger partial charge in [-0.1, -0.05) is 0 Å². The van der Waals surface area contributed by atoms with Gasteiger partial charge in [-0.15, -0.1) is 0 Å². The molecule has 0 bridgehead atoms. The van der Waals surface area contributed by atoms with E-state index in [0.717, 1.165) is 24.1 Å². The van der Waals surface area contributed by atoms with Crippen LogP contribution in [0.1, 0.15) is 25.3 Å². The third-order valence-electron chi connectivity index (χ3n) is 2.85. The monoisotopic (exact) mass is 234 g/mol. The third-order valence-corrected chi connectivity index (χ3v) is 2.85. The summed E-state index contributed by atoms with van der Waals surface area (Å²) in [7, 11) is 0. The van der Waals surface area contributed by atoms with Gasteiger partial charge in [-0.2, -0.15) is 0 Å². The maximum absolute atomic E-state index is 11.7. The van der Waals surface area contributed by atoms with Crippen LogP contribution in [0.4, 0.5) is 5.69 Å². The molecule has 4 heteroatoms. The number of anilines is 1. The van der Waals surface area contributed by atoms with E-state index in [1.807, 2.05) is 13.0 Å². The first-order chi connectivity index (χ1) is 8.06. The minimum absolute atomic E-state index is 0.0537. The smallest absolute Gasteiger partial charge is 0.260 e. The van der Waals surface area contributed by atoms with Crippen molar-refractivity contribution in [3.05, 3.63) is 23.8 Å². The van der Waals surface area contributed by atoms with Gasteiger partial charge in [0.2, 0.25) is 0 Å². The second-order valence-corrected chi connectivity index (χ2v) is 4.56. The number of hydrogen-bond donors (Lipinski definition) is 2. The molecule has 1 amide bonds. The van der Waals surface area contributed by atoms with Gasteiger partial charge in [0.1, 0.15) is 5.75 Å². The summed E-state index contributed by atoms with van der Waals surface area (Å²) in [6.45, 7) is 3.67. The number of hydrogen-bond acceptors (Lipinski definition) is 3. The molecular weight excluding hydrogens is 216 g/mol. The van der Waals surface area contributed by atoms with Crippen LogP contribution in [0.3, 0.4) is 0 Å². The fourth-order valence-electron chi connectivity index (χ4n) is 1.53. The van der Waals surface area contributed by atoms with E-state index >= 15 is 0 Å². The van der Waals surface area contributed by atoms with E-state index in [1.54, 1.807) is 19.1 Å². The summed E-state index contributed by atoms with van der Waals surface area (Å²) in [5, 5.41) is 2.91. The molecule has 2 rings (SSSR count). The first-order valence-corrected chi connectivity index (χ1v) is 5.89. The van der Waals surface area contributed by atoms with Crippen molar-refractivity contribution in [2.45, 2.75) is 38.8 Å². The molecule has 3 N–H and O–H groups in total. The summed E-state index contributed by atoms with van der Waals surface area (Å²) in [6.07, 6.45) is 1.69. The molecule has 0 aliphatic heterocycles. The van der Waals surface area contributed by atoms with Crippen LogP contribution >= 0.6 is 0 Å². The molecule has 92 valence electrons. The third kappa shape index (κ3) is 3.12. The lowest BCUT2D eigenvalue weighted by molar-refractivity contribution is -0.127. The van der Waals surface area contributed by atoms with Gasteiger partial charge in [0.05, 0.1) is 0 Å². The van der Waals surface area contributed by atoms with E-state index in [-0.39, 0.29) is 5.91 Å². The van der Waals surface area contributed by atoms with E-state index in [9.17, 15) is 4.79 Å². The highest BCUT2D eigenvalue weighted by Crippen LogP contribution is 2.21. The average Bonchev–Trinajstić information content (AvgIpc) is 3.07. The van der Waals surface area contributed by atoms with E-state index in [4.69, 9.17) is 10.5 Å². The van der Waals surface area contributed by atoms with E-state index < -0.39 is 6.10 Å². The second-order valence-electron chi connectivity index (χ2n) is 4.56. The Kier molecular flexibility index (Phi) is 3.22. The van der Waals surface area contributed by atoms with Crippen molar-refractivity contribution in [3.8, 4) is 5.75 Å². The van der Waals surface area contributed by atoms with Gasteiger partial charge >= 0.3 is 0 Å². The number of nitrogens with one attached hydrogen (secondary N) is 1.